The van der Waals surface area contributed by atoms with Gasteiger partial charge in [0, 0.05) is 20.6 Å². The van der Waals surface area contributed by atoms with Crippen LogP contribution in [-0.4, -0.2) is 49.2 Å². The lowest BCUT2D eigenvalue weighted by molar-refractivity contribution is -0.123. The van der Waals surface area contributed by atoms with Crippen molar-refractivity contribution in [2.75, 3.05) is 19.0 Å². The number of sulfonamides is 1. The Bertz CT molecular complexity index is 1350. The molecule has 0 aromatic heterocycles. The zero-order valence-electron chi connectivity index (χ0n) is 20.3. The van der Waals surface area contributed by atoms with Gasteiger partial charge in [-0.15, -0.1) is 0 Å². The second kappa shape index (κ2) is 9.28. The molecule has 0 atom stereocenters. The summed E-state index contributed by atoms with van der Waals surface area (Å²) in [5, 5.41) is 0. The zero-order valence-corrected chi connectivity index (χ0v) is 21.1. The van der Waals surface area contributed by atoms with Gasteiger partial charge in [-0.1, -0.05) is 54.6 Å². The molecule has 1 fully saturated rings. The van der Waals surface area contributed by atoms with E-state index in [-0.39, 0.29) is 17.3 Å². The van der Waals surface area contributed by atoms with Crippen molar-refractivity contribution < 1.29 is 18.0 Å². The molecule has 0 unspecified atom stereocenters. The van der Waals surface area contributed by atoms with E-state index in [1.165, 1.54) is 38.4 Å². The van der Waals surface area contributed by atoms with Gasteiger partial charge < -0.3 is 4.90 Å². The molecule has 1 aliphatic rings. The number of nitrogens with zero attached hydrogens (tertiary/aromatic N) is 3. The first kappa shape index (κ1) is 24.6. The number of carbonyl (C=O) groups excluding carboxylic acids is 2. The third-order valence-electron chi connectivity index (χ3n) is 6.38. The van der Waals surface area contributed by atoms with Crippen LogP contribution < -0.4 is 4.90 Å². The average molecular weight is 492 g/mol. The van der Waals surface area contributed by atoms with E-state index < -0.39 is 21.6 Å². The van der Waals surface area contributed by atoms with Gasteiger partial charge in [0.05, 0.1) is 10.6 Å². The predicted molar refractivity (Wildman–Crippen MR) is 136 cm³/mol. The molecule has 1 aliphatic heterocycles. The maximum atomic E-state index is 13.5. The largest absolute Gasteiger partial charge is 0.332 e. The van der Waals surface area contributed by atoms with E-state index in [2.05, 4.69) is 12.1 Å². The van der Waals surface area contributed by atoms with Gasteiger partial charge in [-0.25, -0.2) is 22.4 Å². The summed E-state index contributed by atoms with van der Waals surface area (Å²) in [5.74, 6) is -0.355. The highest BCUT2D eigenvalue weighted by Gasteiger charge is 2.51. The average Bonchev–Trinajstić information content (AvgIpc) is 3.00. The molecule has 0 saturated carbocycles. The number of rotatable bonds is 7. The van der Waals surface area contributed by atoms with Gasteiger partial charge in [0.2, 0.25) is 10.0 Å². The van der Waals surface area contributed by atoms with Crippen molar-refractivity contribution in [1.82, 2.24) is 9.21 Å². The van der Waals surface area contributed by atoms with Crippen LogP contribution in [0.2, 0.25) is 0 Å². The first-order valence-electron chi connectivity index (χ1n) is 11.3. The van der Waals surface area contributed by atoms with Crippen LogP contribution in [0, 0.1) is 0 Å². The Hall–Kier alpha value is -3.49. The molecule has 0 aliphatic carbocycles. The first-order chi connectivity index (χ1) is 16.5. The molecule has 1 saturated heterocycles. The van der Waals surface area contributed by atoms with Crippen molar-refractivity contribution in [2.45, 2.75) is 37.2 Å². The number of anilines is 1. The minimum Gasteiger partial charge on any atom is -0.305 e. The maximum Gasteiger partial charge on any atom is 0.332 e. The Kier molecular flexibility index (Phi) is 6.53. The lowest BCUT2D eigenvalue weighted by Gasteiger charge is -2.28. The van der Waals surface area contributed by atoms with Crippen LogP contribution in [0.1, 0.15) is 30.5 Å². The van der Waals surface area contributed by atoms with Gasteiger partial charge in [-0.05, 0) is 61.2 Å². The summed E-state index contributed by atoms with van der Waals surface area (Å²) in [6.07, 6.45) is 0.721. The van der Waals surface area contributed by atoms with Gasteiger partial charge in [0.1, 0.15) is 5.54 Å². The SMILES string of the molecule is CN(C)S(=O)(=O)c1ccc(N2C(=O)N(Cc3ccccc3Cc3ccccc3)C(C)(C)C2=O)cc1. The molecular weight excluding hydrogens is 462 g/mol. The Morgan fingerprint density at radius 3 is 1.97 bits per heavy atom. The van der Waals surface area contributed by atoms with Crippen LogP contribution in [0.25, 0.3) is 0 Å². The van der Waals surface area contributed by atoms with E-state index in [1.807, 2.05) is 42.5 Å². The second-order valence-corrected chi connectivity index (χ2v) is 11.4. The Balaban J connectivity index is 1.62. The summed E-state index contributed by atoms with van der Waals surface area (Å²) in [4.78, 5) is 29.6. The summed E-state index contributed by atoms with van der Waals surface area (Å²) >= 11 is 0. The van der Waals surface area contributed by atoms with E-state index >= 15 is 0 Å². The van der Waals surface area contributed by atoms with E-state index in [0.29, 0.717) is 5.69 Å². The van der Waals surface area contributed by atoms with E-state index in [0.717, 1.165) is 32.3 Å². The third kappa shape index (κ3) is 4.59. The summed E-state index contributed by atoms with van der Waals surface area (Å²) in [6, 6.07) is 23.4. The van der Waals surface area contributed by atoms with Crippen LogP contribution in [0.5, 0.6) is 0 Å². The van der Waals surface area contributed by atoms with Crippen molar-refractivity contribution in [3.8, 4) is 0 Å². The van der Waals surface area contributed by atoms with Gasteiger partial charge in [0.15, 0.2) is 0 Å². The molecule has 7 nitrogen and oxygen atoms in total. The molecule has 3 aromatic carbocycles. The minimum absolute atomic E-state index is 0.0938. The van der Waals surface area contributed by atoms with Crippen LogP contribution in [0.3, 0.4) is 0 Å². The van der Waals surface area contributed by atoms with Crippen LogP contribution >= 0.6 is 0 Å². The molecule has 8 heteroatoms. The molecule has 0 N–H and O–H groups in total. The molecular formula is C27H29N3O4S. The Morgan fingerprint density at radius 1 is 0.800 bits per heavy atom. The number of hydrogen-bond acceptors (Lipinski definition) is 4. The van der Waals surface area contributed by atoms with Crippen molar-refractivity contribution >= 4 is 27.6 Å². The van der Waals surface area contributed by atoms with Crippen LogP contribution in [0.4, 0.5) is 10.5 Å². The lowest BCUT2D eigenvalue weighted by Crippen LogP contribution is -2.43. The number of imide groups is 1. The smallest absolute Gasteiger partial charge is 0.305 e. The molecule has 0 bridgehead atoms. The fourth-order valence-corrected chi connectivity index (χ4v) is 5.08. The zero-order chi connectivity index (χ0) is 25.4. The second-order valence-electron chi connectivity index (χ2n) is 9.28. The summed E-state index contributed by atoms with van der Waals surface area (Å²) < 4.78 is 25.9. The maximum absolute atomic E-state index is 13.5. The third-order valence-corrected chi connectivity index (χ3v) is 8.21. The molecule has 0 spiro atoms. The molecule has 1 heterocycles. The highest BCUT2D eigenvalue weighted by Crippen LogP contribution is 2.34. The van der Waals surface area contributed by atoms with E-state index in [9.17, 15) is 18.0 Å². The molecule has 0 radical (unpaired) electrons. The molecule has 182 valence electrons. The fourth-order valence-electron chi connectivity index (χ4n) is 4.18. The van der Waals surface area contributed by atoms with Gasteiger partial charge >= 0.3 is 6.03 Å². The Morgan fingerprint density at radius 2 is 1.37 bits per heavy atom. The topological polar surface area (TPSA) is 78.0 Å². The lowest BCUT2D eigenvalue weighted by atomic mass is 9.97. The summed E-state index contributed by atoms with van der Waals surface area (Å²) in [7, 11) is -0.712. The van der Waals surface area contributed by atoms with E-state index in [1.54, 1.807) is 18.7 Å². The van der Waals surface area contributed by atoms with Crippen molar-refractivity contribution in [3.63, 3.8) is 0 Å². The fraction of sp³-hybridized carbons (Fsp3) is 0.259. The highest BCUT2D eigenvalue weighted by atomic mass is 32.2. The van der Waals surface area contributed by atoms with Crippen LogP contribution in [0.15, 0.2) is 83.8 Å². The summed E-state index contributed by atoms with van der Waals surface area (Å²) in [6.45, 7) is 3.75. The van der Waals surface area contributed by atoms with Gasteiger partial charge in [-0.3, -0.25) is 4.79 Å². The normalized spacial score (nSPS) is 15.8. The number of amides is 3. The van der Waals surface area contributed by atoms with Crippen molar-refractivity contribution in [2.24, 2.45) is 0 Å². The highest BCUT2D eigenvalue weighted by molar-refractivity contribution is 7.89. The van der Waals surface area contributed by atoms with Crippen molar-refractivity contribution in [1.29, 1.82) is 0 Å². The molecule has 3 amide bonds. The number of hydrogen-bond donors (Lipinski definition) is 0. The van der Waals surface area contributed by atoms with E-state index in [4.69, 9.17) is 0 Å². The van der Waals surface area contributed by atoms with Gasteiger partial charge in [-0.2, -0.15) is 0 Å². The minimum atomic E-state index is -3.61. The molecule has 4 rings (SSSR count). The molecule has 35 heavy (non-hydrogen) atoms. The quantitative estimate of drug-likeness (QED) is 0.463. The van der Waals surface area contributed by atoms with Crippen LogP contribution in [-0.2, 0) is 27.8 Å². The van der Waals surface area contributed by atoms with Crippen molar-refractivity contribution in [3.05, 3.63) is 95.6 Å². The monoisotopic (exact) mass is 491 g/mol. The predicted octanol–water partition coefficient (Wildman–Crippen LogP) is 4.28. The first-order valence-corrected chi connectivity index (χ1v) is 12.8. The standard InChI is InChI=1S/C27H29N3O4S/c1-27(2)25(31)30(23-14-16-24(17-15-23)35(33,34)28(3)4)26(32)29(27)19-22-13-9-8-12-21(22)18-20-10-6-5-7-11-20/h5-17H,18-19H2,1-4H3. The molecule has 3 aromatic rings. The number of carbonyl (C=O) groups is 2. The summed E-state index contributed by atoms with van der Waals surface area (Å²) in [5.41, 5.74) is 2.50. The number of urea groups is 1. The Labute approximate surface area is 206 Å². The van der Waals surface area contributed by atoms with Gasteiger partial charge in [0.25, 0.3) is 5.91 Å². The number of benzene rings is 3.